The quantitative estimate of drug-likeness (QED) is 0.120. The fraction of sp³-hybridized carbons (Fsp3) is 0.413. The average Bonchev–Trinajstić information content (AvgIpc) is 3.18. The van der Waals surface area contributed by atoms with E-state index in [9.17, 15) is 19.5 Å². The van der Waals surface area contributed by atoms with Crippen LogP contribution in [-0.4, -0.2) is 75.1 Å². The molecule has 0 spiro atoms. The van der Waals surface area contributed by atoms with Crippen LogP contribution in [0, 0.1) is 11.8 Å². The van der Waals surface area contributed by atoms with Crippen molar-refractivity contribution in [2.75, 3.05) is 27.4 Å². The van der Waals surface area contributed by atoms with Crippen LogP contribution in [0.3, 0.4) is 0 Å². The number of benzene rings is 1. The van der Waals surface area contributed by atoms with Crippen LogP contribution in [0.15, 0.2) is 132 Å². The maximum absolute atomic E-state index is 14.2. The zero-order chi connectivity index (χ0) is 40.6. The van der Waals surface area contributed by atoms with Gasteiger partial charge in [-0.05, 0) is 64.0 Å². The molecule has 6 atom stereocenters. The number of ether oxygens (including phenoxy) is 3. The second-order valence-electron chi connectivity index (χ2n) is 13.9. The van der Waals surface area contributed by atoms with E-state index in [4.69, 9.17) is 14.2 Å². The van der Waals surface area contributed by atoms with Crippen molar-refractivity contribution >= 4 is 23.9 Å². The van der Waals surface area contributed by atoms with E-state index in [1.807, 2.05) is 107 Å². The molecule has 1 aromatic carbocycles. The minimum absolute atomic E-state index is 0.0659. The molecule has 9 heteroatoms. The van der Waals surface area contributed by atoms with Crippen LogP contribution in [0.2, 0.25) is 0 Å². The molecule has 1 heterocycles. The Labute approximate surface area is 329 Å². The molecule has 0 saturated carbocycles. The SMILES string of the molecule is CO[C@@H]1/C=C(C)/C=C/[C@@H](C)/C=C(\c2ccccc2)C(=O)O[C@H](/C(C)=C/C=C(\C)CNC(=O)[C@H](CO)NC=O)[C@@H](C)/C=C/C=C/[C@@H](OC)CC/C=C(C)\C=C\C1. The summed E-state index contributed by atoms with van der Waals surface area (Å²) >= 11 is 0. The lowest BCUT2D eigenvalue weighted by molar-refractivity contribution is -0.141. The summed E-state index contributed by atoms with van der Waals surface area (Å²) in [6.07, 6.45) is 28.4. The van der Waals surface area contributed by atoms with Crippen LogP contribution >= 0.6 is 0 Å². The molecule has 1 aliphatic heterocycles. The molecule has 0 aliphatic carbocycles. The van der Waals surface area contributed by atoms with Gasteiger partial charge in [-0.3, -0.25) is 9.59 Å². The standard InChI is InChI=1S/C46H62N2O7/c1-33-16-14-22-40(53-7)21-13-12-18-37(5)44(38(6)27-26-36(4)30-47-45(51)43(31-49)48-32-50)55-46(52)42(39-19-10-9-11-20-39)29-35(3)25-24-34(2)28-41(54-8)23-15-17-33/h9-13,15-21,24-29,32,35,37,40-41,43-44,49H,14,22-23,30-31H2,1-8H3,(H,47,51)(H,48,50)/b17-15+,18-12+,21-13+,25-24+,33-16-,34-28+,36-26+,38-27+,42-29+/t35-,37+,40-,41+,43+,44+/m1/s1. The summed E-state index contributed by atoms with van der Waals surface area (Å²) in [5.41, 5.74) is 5.08. The Morgan fingerprint density at radius 1 is 0.964 bits per heavy atom. The molecule has 55 heavy (non-hydrogen) atoms. The third kappa shape index (κ3) is 17.9. The van der Waals surface area contributed by atoms with Gasteiger partial charge in [-0.25, -0.2) is 4.79 Å². The van der Waals surface area contributed by atoms with Gasteiger partial charge in [0.1, 0.15) is 12.1 Å². The van der Waals surface area contributed by atoms with Crippen molar-refractivity contribution in [2.24, 2.45) is 11.8 Å². The lowest BCUT2D eigenvalue weighted by Crippen LogP contribution is -2.46. The lowest BCUT2D eigenvalue weighted by atomic mass is 9.95. The first kappa shape index (κ1) is 46.3. The zero-order valence-electron chi connectivity index (χ0n) is 33.9. The fourth-order valence-electron chi connectivity index (χ4n) is 5.72. The number of carbonyl (C=O) groups is 3. The molecule has 298 valence electrons. The largest absolute Gasteiger partial charge is 0.454 e. The first-order valence-electron chi connectivity index (χ1n) is 18.9. The first-order chi connectivity index (χ1) is 26.4. The van der Waals surface area contributed by atoms with Gasteiger partial charge in [0.25, 0.3) is 0 Å². The summed E-state index contributed by atoms with van der Waals surface area (Å²) in [5, 5.41) is 14.4. The van der Waals surface area contributed by atoms with Gasteiger partial charge in [0, 0.05) is 26.7 Å². The third-order valence-corrected chi connectivity index (χ3v) is 9.07. The molecule has 0 radical (unpaired) electrons. The Kier molecular flexibility index (Phi) is 21.9. The Bertz CT molecular complexity index is 1640. The van der Waals surface area contributed by atoms with Crippen molar-refractivity contribution < 1.29 is 33.7 Å². The van der Waals surface area contributed by atoms with Crippen molar-refractivity contribution in [3.05, 3.63) is 137 Å². The number of cyclic esters (lactones) is 1. The number of aliphatic hydroxyl groups excluding tert-OH is 1. The lowest BCUT2D eigenvalue weighted by Gasteiger charge is -2.24. The van der Waals surface area contributed by atoms with E-state index < -0.39 is 30.6 Å². The molecular weight excluding hydrogens is 693 g/mol. The van der Waals surface area contributed by atoms with Crippen LogP contribution in [0.25, 0.3) is 5.57 Å². The summed E-state index contributed by atoms with van der Waals surface area (Å²) in [5.74, 6) is -1.24. The van der Waals surface area contributed by atoms with E-state index >= 15 is 0 Å². The number of rotatable bonds is 11. The molecule has 3 N–H and O–H groups in total. The van der Waals surface area contributed by atoms with E-state index in [-0.39, 0.29) is 30.6 Å². The molecule has 2 amide bonds. The zero-order valence-corrected chi connectivity index (χ0v) is 33.9. The van der Waals surface area contributed by atoms with Crippen molar-refractivity contribution in [1.82, 2.24) is 10.6 Å². The molecular formula is C46H62N2O7. The summed E-state index contributed by atoms with van der Waals surface area (Å²) in [6, 6.07) is 8.49. The Balaban J connectivity index is 2.57. The highest BCUT2D eigenvalue weighted by molar-refractivity contribution is 6.16. The van der Waals surface area contributed by atoms with E-state index in [2.05, 4.69) is 54.0 Å². The molecule has 2 rings (SSSR count). The van der Waals surface area contributed by atoms with Gasteiger partial charge in [-0.15, -0.1) is 0 Å². The maximum Gasteiger partial charge on any atom is 0.339 e. The monoisotopic (exact) mass is 754 g/mol. The van der Waals surface area contributed by atoms with Crippen LogP contribution in [0.4, 0.5) is 0 Å². The van der Waals surface area contributed by atoms with E-state index in [1.165, 1.54) is 5.57 Å². The van der Waals surface area contributed by atoms with Crippen molar-refractivity contribution in [3.63, 3.8) is 0 Å². The molecule has 0 aromatic heterocycles. The number of carbonyl (C=O) groups excluding carboxylic acids is 3. The second-order valence-corrected chi connectivity index (χ2v) is 13.9. The van der Waals surface area contributed by atoms with Crippen LogP contribution < -0.4 is 10.6 Å². The van der Waals surface area contributed by atoms with Gasteiger partial charge in [0.05, 0.1) is 24.4 Å². The van der Waals surface area contributed by atoms with Gasteiger partial charge in [-0.1, -0.05) is 140 Å². The predicted octanol–water partition coefficient (Wildman–Crippen LogP) is 7.70. The van der Waals surface area contributed by atoms with Gasteiger partial charge in [0.15, 0.2) is 0 Å². The number of aliphatic hydroxyl groups is 1. The van der Waals surface area contributed by atoms with Crippen LogP contribution in [0.1, 0.15) is 66.4 Å². The first-order valence-corrected chi connectivity index (χ1v) is 18.9. The van der Waals surface area contributed by atoms with Gasteiger partial charge < -0.3 is 30.0 Å². The van der Waals surface area contributed by atoms with Gasteiger partial charge >= 0.3 is 5.97 Å². The minimum Gasteiger partial charge on any atom is -0.454 e. The molecule has 1 aliphatic rings. The number of methoxy groups -OCH3 is 2. The summed E-state index contributed by atoms with van der Waals surface area (Å²) < 4.78 is 17.8. The average molecular weight is 755 g/mol. The van der Waals surface area contributed by atoms with Crippen molar-refractivity contribution in [3.8, 4) is 0 Å². The highest BCUT2D eigenvalue weighted by Crippen LogP contribution is 2.25. The number of amides is 2. The van der Waals surface area contributed by atoms with Crippen LogP contribution in [0.5, 0.6) is 0 Å². The van der Waals surface area contributed by atoms with E-state index in [0.717, 1.165) is 41.5 Å². The Morgan fingerprint density at radius 2 is 1.67 bits per heavy atom. The molecule has 1 aromatic rings. The number of esters is 1. The third-order valence-electron chi connectivity index (χ3n) is 9.07. The maximum atomic E-state index is 14.2. The molecule has 0 bridgehead atoms. The van der Waals surface area contributed by atoms with E-state index in [1.54, 1.807) is 14.2 Å². The normalized spacial score (nSPS) is 28.6. The van der Waals surface area contributed by atoms with Crippen molar-refractivity contribution in [2.45, 2.75) is 85.2 Å². The summed E-state index contributed by atoms with van der Waals surface area (Å²) in [7, 11) is 3.42. The molecule has 0 fully saturated rings. The number of hydrogen-bond acceptors (Lipinski definition) is 7. The second kappa shape index (κ2) is 26.1. The van der Waals surface area contributed by atoms with Gasteiger partial charge in [0.2, 0.25) is 12.3 Å². The Morgan fingerprint density at radius 3 is 2.35 bits per heavy atom. The fourth-order valence-corrected chi connectivity index (χ4v) is 5.72. The highest BCUT2D eigenvalue weighted by atomic mass is 16.5. The molecule has 0 unspecified atom stereocenters. The van der Waals surface area contributed by atoms with Crippen molar-refractivity contribution in [1.29, 1.82) is 0 Å². The molecule has 9 nitrogen and oxygen atoms in total. The Hall–Kier alpha value is -4.83. The topological polar surface area (TPSA) is 123 Å². The van der Waals surface area contributed by atoms with Gasteiger partial charge in [-0.2, -0.15) is 0 Å². The molecule has 0 saturated heterocycles. The minimum atomic E-state index is -1.03. The summed E-state index contributed by atoms with van der Waals surface area (Å²) in [4.78, 5) is 37.3. The highest BCUT2D eigenvalue weighted by Gasteiger charge is 2.25. The van der Waals surface area contributed by atoms with Crippen LogP contribution in [-0.2, 0) is 28.6 Å². The predicted molar refractivity (Wildman–Crippen MR) is 223 cm³/mol. The smallest absolute Gasteiger partial charge is 0.339 e. The number of nitrogens with one attached hydrogen (secondary N) is 2. The number of hydrogen-bond donors (Lipinski definition) is 3. The summed E-state index contributed by atoms with van der Waals surface area (Å²) in [6.45, 7) is 11.6. The number of allylic oxidation sites excluding steroid dienone is 11. The van der Waals surface area contributed by atoms with E-state index in [0.29, 0.717) is 12.0 Å².